The SMILES string of the molecule is CCc1nnc(NC(=O)C(C)(C)Nc2ccc([N+](=O)[O-])cc2)s1. The maximum atomic E-state index is 12.4. The summed E-state index contributed by atoms with van der Waals surface area (Å²) in [5.41, 5.74) is -0.310. The molecule has 2 N–H and O–H groups in total. The van der Waals surface area contributed by atoms with Gasteiger partial charge in [0.1, 0.15) is 10.5 Å². The molecule has 0 radical (unpaired) electrons. The van der Waals surface area contributed by atoms with Crippen LogP contribution in [-0.4, -0.2) is 26.6 Å². The number of rotatable bonds is 6. The summed E-state index contributed by atoms with van der Waals surface area (Å²) >= 11 is 1.33. The lowest BCUT2D eigenvalue weighted by molar-refractivity contribution is -0.384. The van der Waals surface area contributed by atoms with Gasteiger partial charge in [-0.15, -0.1) is 10.2 Å². The highest BCUT2D eigenvalue weighted by Crippen LogP contribution is 2.22. The molecule has 23 heavy (non-hydrogen) atoms. The van der Waals surface area contributed by atoms with Gasteiger partial charge in [-0.05, 0) is 32.4 Å². The van der Waals surface area contributed by atoms with Gasteiger partial charge in [-0.2, -0.15) is 0 Å². The first kappa shape index (κ1) is 16.8. The molecule has 0 aliphatic carbocycles. The Balaban J connectivity index is 2.04. The molecule has 2 rings (SSSR count). The van der Waals surface area contributed by atoms with Gasteiger partial charge in [-0.3, -0.25) is 20.2 Å². The van der Waals surface area contributed by atoms with Crippen LogP contribution in [0.15, 0.2) is 24.3 Å². The third-order valence-corrected chi connectivity index (χ3v) is 4.08. The van der Waals surface area contributed by atoms with Crippen molar-refractivity contribution in [1.82, 2.24) is 10.2 Å². The Morgan fingerprint density at radius 1 is 1.30 bits per heavy atom. The van der Waals surface area contributed by atoms with E-state index in [0.717, 1.165) is 11.4 Å². The van der Waals surface area contributed by atoms with E-state index < -0.39 is 10.5 Å². The van der Waals surface area contributed by atoms with Crippen molar-refractivity contribution in [3.8, 4) is 0 Å². The number of hydrogen-bond acceptors (Lipinski definition) is 7. The van der Waals surface area contributed by atoms with Crippen molar-refractivity contribution in [2.24, 2.45) is 0 Å². The Morgan fingerprint density at radius 3 is 2.48 bits per heavy atom. The Bertz CT molecular complexity index is 711. The molecule has 0 unspecified atom stereocenters. The maximum Gasteiger partial charge on any atom is 0.269 e. The summed E-state index contributed by atoms with van der Waals surface area (Å²) in [6, 6.07) is 5.89. The van der Waals surface area contributed by atoms with Gasteiger partial charge < -0.3 is 5.32 Å². The van der Waals surface area contributed by atoms with E-state index in [1.807, 2.05) is 6.92 Å². The molecular weight excluding hydrogens is 318 g/mol. The van der Waals surface area contributed by atoms with Crippen LogP contribution >= 0.6 is 11.3 Å². The Hall–Kier alpha value is -2.55. The summed E-state index contributed by atoms with van der Waals surface area (Å²) in [5, 5.41) is 25.6. The predicted octanol–water partition coefficient (Wildman–Crippen LogP) is 2.84. The van der Waals surface area contributed by atoms with Crippen molar-refractivity contribution >= 4 is 33.8 Å². The summed E-state index contributed by atoms with van der Waals surface area (Å²) in [6.45, 7) is 5.39. The lowest BCUT2D eigenvalue weighted by Gasteiger charge is -2.25. The van der Waals surface area contributed by atoms with Crippen molar-refractivity contribution in [3.05, 3.63) is 39.4 Å². The Morgan fingerprint density at radius 2 is 1.96 bits per heavy atom. The summed E-state index contributed by atoms with van der Waals surface area (Å²) in [5.74, 6) is -0.269. The van der Waals surface area contributed by atoms with E-state index >= 15 is 0 Å². The van der Waals surface area contributed by atoms with Crippen LogP contribution < -0.4 is 10.6 Å². The number of carbonyl (C=O) groups excluding carboxylic acids is 1. The van der Waals surface area contributed by atoms with Gasteiger partial charge in [0, 0.05) is 17.8 Å². The molecule has 9 heteroatoms. The van der Waals surface area contributed by atoms with E-state index in [-0.39, 0.29) is 11.6 Å². The molecule has 8 nitrogen and oxygen atoms in total. The fourth-order valence-electron chi connectivity index (χ4n) is 1.78. The average molecular weight is 335 g/mol. The summed E-state index contributed by atoms with van der Waals surface area (Å²) in [7, 11) is 0. The van der Waals surface area contributed by atoms with Crippen LogP contribution in [0.4, 0.5) is 16.5 Å². The predicted molar refractivity (Wildman–Crippen MR) is 88.7 cm³/mol. The highest BCUT2D eigenvalue weighted by molar-refractivity contribution is 7.15. The van der Waals surface area contributed by atoms with Gasteiger partial charge in [0.25, 0.3) is 11.6 Å². The molecule has 122 valence electrons. The number of nitrogens with one attached hydrogen (secondary N) is 2. The Kier molecular flexibility index (Phi) is 4.89. The average Bonchev–Trinajstić information content (AvgIpc) is 2.95. The van der Waals surface area contributed by atoms with Gasteiger partial charge in [0.15, 0.2) is 0 Å². The number of benzene rings is 1. The molecule has 0 atom stereocenters. The topological polar surface area (TPSA) is 110 Å². The molecule has 0 bridgehead atoms. The molecule has 0 saturated heterocycles. The molecule has 1 heterocycles. The van der Waals surface area contributed by atoms with Crippen LogP contribution in [0.3, 0.4) is 0 Å². The molecule has 0 fully saturated rings. The number of nitro benzene ring substituents is 1. The number of anilines is 2. The number of amides is 1. The number of nitrogens with zero attached hydrogens (tertiary/aromatic N) is 3. The third kappa shape index (κ3) is 4.22. The fourth-order valence-corrected chi connectivity index (χ4v) is 2.46. The number of non-ortho nitro benzene ring substituents is 1. The first-order valence-electron chi connectivity index (χ1n) is 6.98. The van der Waals surface area contributed by atoms with Crippen LogP contribution in [0.25, 0.3) is 0 Å². The number of aryl methyl sites for hydroxylation is 1. The molecule has 1 aromatic carbocycles. The van der Waals surface area contributed by atoms with Gasteiger partial charge in [-0.25, -0.2) is 0 Å². The molecule has 0 aliphatic rings. The molecule has 1 aromatic heterocycles. The lowest BCUT2D eigenvalue weighted by atomic mass is 10.0. The van der Waals surface area contributed by atoms with Crippen LogP contribution in [0, 0.1) is 10.1 Å². The zero-order valence-corrected chi connectivity index (χ0v) is 13.8. The molecule has 0 saturated carbocycles. The van der Waals surface area contributed by atoms with Crippen molar-refractivity contribution in [2.45, 2.75) is 32.7 Å². The van der Waals surface area contributed by atoms with Crippen molar-refractivity contribution in [3.63, 3.8) is 0 Å². The minimum absolute atomic E-state index is 0.00115. The zero-order valence-electron chi connectivity index (χ0n) is 13.0. The third-order valence-electron chi connectivity index (χ3n) is 3.09. The maximum absolute atomic E-state index is 12.4. The van der Waals surface area contributed by atoms with Crippen molar-refractivity contribution in [1.29, 1.82) is 0 Å². The molecule has 1 amide bonds. The second-order valence-electron chi connectivity index (χ2n) is 5.36. The molecule has 0 aliphatic heterocycles. The van der Waals surface area contributed by atoms with Crippen LogP contribution in [0.1, 0.15) is 25.8 Å². The number of carbonyl (C=O) groups is 1. The first-order chi connectivity index (χ1) is 10.8. The summed E-state index contributed by atoms with van der Waals surface area (Å²) < 4.78 is 0. The largest absolute Gasteiger partial charge is 0.372 e. The monoisotopic (exact) mass is 335 g/mol. The van der Waals surface area contributed by atoms with E-state index in [1.54, 1.807) is 26.0 Å². The summed E-state index contributed by atoms with van der Waals surface area (Å²) in [6.07, 6.45) is 0.762. The van der Waals surface area contributed by atoms with Crippen LogP contribution in [-0.2, 0) is 11.2 Å². The second kappa shape index (κ2) is 6.69. The van der Waals surface area contributed by atoms with Crippen molar-refractivity contribution < 1.29 is 9.72 Å². The van der Waals surface area contributed by atoms with E-state index in [4.69, 9.17) is 0 Å². The van der Waals surface area contributed by atoms with E-state index in [2.05, 4.69) is 20.8 Å². The van der Waals surface area contributed by atoms with Crippen molar-refractivity contribution in [2.75, 3.05) is 10.6 Å². The number of hydrogen-bond donors (Lipinski definition) is 2. The standard InChI is InChI=1S/C14H17N5O3S/c1-4-11-17-18-13(23-11)15-12(20)14(2,3)16-9-5-7-10(8-6-9)19(21)22/h5-8,16H,4H2,1-3H3,(H,15,18,20). The second-order valence-corrected chi connectivity index (χ2v) is 6.42. The van der Waals surface area contributed by atoms with Gasteiger partial charge in [0.05, 0.1) is 4.92 Å². The van der Waals surface area contributed by atoms with E-state index in [9.17, 15) is 14.9 Å². The quantitative estimate of drug-likeness (QED) is 0.620. The van der Waals surface area contributed by atoms with E-state index in [1.165, 1.54) is 23.5 Å². The smallest absolute Gasteiger partial charge is 0.269 e. The first-order valence-corrected chi connectivity index (χ1v) is 7.80. The van der Waals surface area contributed by atoms with Gasteiger partial charge in [-0.1, -0.05) is 18.3 Å². The summed E-state index contributed by atoms with van der Waals surface area (Å²) in [4.78, 5) is 22.5. The van der Waals surface area contributed by atoms with Gasteiger partial charge in [0.2, 0.25) is 5.13 Å². The number of aromatic nitrogens is 2. The molecular formula is C14H17N5O3S. The van der Waals surface area contributed by atoms with Crippen LogP contribution in [0.5, 0.6) is 0 Å². The lowest BCUT2D eigenvalue weighted by Crippen LogP contribution is -2.44. The van der Waals surface area contributed by atoms with E-state index in [0.29, 0.717) is 10.8 Å². The minimum Gasteiger partial charge on any atom is -0.372 e. The normalized spacial score (nSPS) is 11.1. The zero-order chi connectivity index (χ0) is 17.0. The minimum atomic E-state index is -0.922. The molecule has 0 spiro atoms. The Labute approximate surface area is 137 Å². The van der Waals surface area contributed by atoms with Crippen LogP contribution in [0.2, 0.25) is 0 Å². The highest BCUT2D eigenvalue weighted by Gasteiger charge is 2.28. The molecule has 2 aromatic rings. The fraction of sp³-hybridized carbons (Fsp3) is 0.357. The highest BCUT2D eigenvalue weighted by atomic mass is 32.1. The number of nitro groups is 1. The van der Waals surface area contributed by atoms with Gasteiger partial charge >= 0.3 is 0 Å².